The normalized spacial score (nSPS) is 47.3. The zero-order valence-electron chi connectivity index (χ0n) is 79.3. The van der Waals surface area contributed by atoms with Gasteiger partial charge in [-0.25, -0.2) is 0 Å². The van der Waals surface area contributed by atoms with Gasteiger partial charge < -0.3 is 299 Å². The largest absolute Gasteiger partial charge is 0.394 e. The minimum absolute atomic E-state index is 0.853. The first-order valence-electron chi connectivity index (χ1n) is 46.9. The maximum absolute atomic E-state index is 13.4. The molecule has 0 aliphatic carbocycles. The Morgan fingerprint density at radius 3 is 0.891 bits per heavy atom. The minimum Gasteiger partial charge on any atom is -0.394 e. The van der Waals surface area contributed by atoms with Crippen LogP contribution in [0.3, 0.4) is 0 Å². The van der Waals surface area contributed by atoms with E-state index in [4.69, 9.17) is 104 Å². The number of aliphatic hydroxyl groups is 33. The molecule has 11 saturated heterocycles. The maximum atomic E-state index is 13.4. The van der Waals surface area contributed by atoms with Crippen LogP contribution in [0, 0.1) is 0 Å². The molecule has 0 saturated carbocycles. The van der Waals surface area contributed by atoms with Crippen LogP contribution in [0.15, 0.2) is 0 Å². The van der Waals surface area contributed by atoms with E-state index in [9.17, 15) is 192 Å². The molecule has 59 atom stereocenters. The molecule has 147 heavy (non-hydrogen) atoms. The van der Waals surface area contributed by atoms with Gasteiger partial charge in [-0.15, -0.1) is 0 Å². The number of ether oxygens (including phenoxy) is 22. The van der Waals surface area contributed by atoms with Gasteiger partial charge in [-0.2, -0.15) is 0 Å². The number of amides is 5. The lowest BCUT2D eigenvalue weighted by Crippen LogP contribution is -2.70. The molecule has 65 heteroatoms. The Labute approximate surface area is 833 Å². The highest BCUT2D eigenvalue weighted by Gasteiger charge is 2.63. The summed E-state index contributed by atoms with van der Waals surface area (Å²) in [5, 5.41) is 383. The fourth-order valence-electron chi connectivity index (χ4n) is 18.6. The number of carbonyl (C=O) groups is 5. The number of hydrogen-bond acceptors (Lipinski definition) is 60. The highest BCUT2D eigenvalue weighted by atomic mass is 16.8. The van der Waals surface area contributed by atoms with Crippen molar-refractivity contribution in [1.29, 1.82) is 0 Å². The fourth-order valence-corrected chi connectivity index (χ4v) is 18.6. The van der Waals surface area contributed by atoms with Gasteiger partial charge in [-0.1, -0.05) is 0 Å². The van der Waals surface area contributed by atoms with Gasteiger partial charge in [0.15, 0.2) is 69.2 Å². The van der Waals surface area contributed by atoms with Gasteiger partial charge in [-0.3, -0.25) is 24.0 Å². The third kappa shape index (κ3) is 28.2. The molecular formula is C82H139N5O60. The molecule has 5 amide bonds. The molecule has 11 aliphatic heterocycles. The number of rotatable bonds is 42. The summed E-state index contributed by atoms with van der Waals surface area (Å²) in [6, 6.07) is -9.84. The lowest BCUT2D eigenvalue weighted by molar-refractivity contribution is -0.399. The second kappa shape index (κ2) is 54.2. The van der Waals surface area contributed by atoms with E-state index in [1.807, 2.05) is 0 Å². The summed E-state index contributed by atoms with van der Waals surface area (Å²) in [7, 11) is 0. The Balaban J connectivity index is 0.953. The van der Waals surface area contributed by atoms with Crippen LogP contribution < -0.4 is 26.6 Å². The number of nitrogens with one attached hydrogen (secondary N) is 5. The van der Waals surface area contributed by atoms with Crippen molar-refractivity contribution in [2.75, 3.05) is 79.3 Å². The van der Waals surface area contributed by atoms with Crippen molar-refractivity contribution in [3.63, 3.8) is 0 Å². The van der Waals surface area contributed by atoms with Crippen molar-refractivity contribution in [2.24, 2.45) is 0 Å². The van der Waals surface area contributed by atoms with Gasteiger partial charge in [0.1, 0.15) is 281 Å². The van der Waals surface area contributed by atoms with Gasteiger partial charge in [0.05, 0.1) is 91.4 Å². The lowest BCUT2D eigenvalue weighted by atomic mass is 9.94. The minimum atomic E-state index is -2.79. The fraction of sp³-hybridized carbons (Fsp3) is 0.939. The third-order valence-electron chi connectivity index (χ3n) is 26.7. The van der Waals surface area contributed by atoms with Crippen molar-refractivity contribution in [3.8, 4) is 0 Å². The SMILES string of the molecule is CC(=O)N[C@H]1[C@H](O[C@@H]([C@H](O)[C@H](CO)NC(C)=O)[C@H](O)CO[C@@H]2O[C@@H](C)[C@@H](O)[C@@H](O)[C@@H]2O)O[C@H](CO)[C@@H](O[C@@H]2O[C@H](CO[C@H]3O[C@H](CO[C@@H]4O[C@H](CO)[C@@H](O[C@@H]5O[C@H](CO)[C@H](O)[C@H](O)[C@H]5O)[C@H](O)[C@H]4NC(C)=O)[C@@H](O)[C@H](O)[C@@H]3O)[C@@H](O)[C@H](O[C@H]3O[C@H](CO[C@@H]4O[C@H](CO)[C@@H](O[C@@H]5O[C@H](CO)[C@H](O)[C@H](O)[C@H]5O)[C@H](O)[C@H]4NC(C)=O)[C@@H](O)[C@H](O)[C@@H]3O[C@@H]3O[C@H](CO)[C@@H](O[C@@H]4O[C@H](CO)[C@H](O)[C@H](O)[C@H]4O)[C@H](O)[C@H]3NC(C)=O)[C@@H]2O)[C@@H]1O. The summed E-state index contributed by atoms with van der Waals surface area (Å²) >= 11 is 0. The smallest absolute Gasteiger partial charge is 0.217 e. The molecule has 852 valence electrons. The van der Waals surface area contributed by atoms with Gasteiger partial charge in [-0.05, 0) is 6.92 Å². The molecule has 0 unspecified atom stereocenters. The van der Waals surface area contributed by atoms with Crippen molar-refractivity contribution in [2.45, 2.75) is 403 Å². The van der Waals surface area contributed by atoms with Crippen molar-refractivity contribution < 1.29 is 297 Å². The molecule has 11 rings (SSSR count). The first-order chi connectivity index (χ1) is 69.4. The quantitative estimate of drug-likeness (QED) is 0.0270. The molecule has 11 aliphatic rings. The second-order valence-corrected chi connectivity index (χ2v) is 37.2. The molecule has 11 heterocycles. The van der Waals surface area contributed by atoms with Gasteiger partial charge in [0.2, 0.25) is 29.5 Å². The van der Waals surface area contributed by atoms with Crippen molar-refractivity contribution in [1.82, 2.24) is 26.6 Å². The molecule has 0 spiro atoms. The number of carbonyl (C=O) groups excluding carboxylic acids is 5. The average molecular weight is 2150 g/mol. The Morgan fingerprint density at radius 2 is 0.524 bits per heavy atom. The van der Waals surface area contributed by atoms with E-state index in [-0.39, 0.29) is 0 Å². The highest BCUT2D eigenvalue weighted by Crippen LogP contribution is 2.42. The van der Waals surface area contributed by atoms with Crippen LogP contribution in [-0.4, -0.2) is 639 Å². The Morgan fingerprint density at radius 1 is 0.252 bits per heavy atom. The summed E-state index contributed by atoms with van der Waals surface area (Å²) in [6.07, 6.45) is -116. The zero-order chi connectivity index (χ0) is 109. The molecule has 0 aromatic heterocycles. The first kappa shape index (κ1) is 122. The number of aliphatic hydroxyl groups excluding tert-OH is 33. The Kier molecular flexibility index (Phi) is 45.1. The lowest BCUT2D eigenvalue weighted by Gasteiger charge is -2.51. The van der Waals surface area contributed by atoms with Crippen molar-refractivity contribution >= 4 is 29.5 Å². The van der Waals surface area contributed by atoms with E-state index in [0.29, 0.717) is 0 Å². The van der Waals surface area contributed by atoms with E-state index in [1.165, 1.54) is 6.92 Å². The van der Waals surface area contributed by atoms with Crippen molar-refractivity contribution in [3.05, 3.63) is 0 Å². The molecule has 0 radical (unpaired) electrons. The topological polar surface area (TPSA) is 1020 Å². The van der Waals surface area contributed by atoms with Crippen LogP contribution in [0.25, 0.3) is 0 Å². The summed E-state index contributed by atoms with van der Waals surface area (Å²) in [4.78, 5) is 65.1. The molecule has 0 bridgehead atoms. The molecule has 0 aromatic rings. The van der Waals surface area contributed by atoms with Gasteiger partial charge >= 0.3 is 0 Å². The van der Waals surface area contributed by atoms with Crippen LogP contribution in [0.5, 0.6) is 0 Å². The second-order valence-electron chi connectivity index (χ2n) is 37.2. The molecule has 11 fully saturated rings. The standard InChI is InChI=1S/C82H139N5O60/c1-19-41(102)53(114)59(120)76(130-19)126-15-26(101)65(42(103)25(7-88)83-20(2)96)141-74-39(86-23(5)99)51(112)69(33(14-95)136-74)145-81-64(125)70(48(109)36(139-81)18-129-77-60(121)57(118)46(107)34(138-77)16-127-72-37(84-21(3)97)49(110)66(30(11-92)134-72)142-78-61(122)54(115)43(104)27(8-89)131-78)146-82-71(147-75-40(87-24(6)100)52(113)68(32(13-94)137-75)144-80-63(124)56(117)45(106)29(10-91)133-80)58(119)47(108)35(140-82)17-128-73-38(85-22(4)98)50(111)67(31(12-93)135-73)143-79-62(123)55(116)44(105)28(9-90)132-79/h19,25-82,88-95,101-125H,7-18H2,1-6H3,(H,83,96)(H,84,97)(H,85,98)(H,86,99)(H,87,100)/t19-,25-,26+,27+,28+,29+,30+,31+,32+,33+,34+,35+,36+,37+,38+,39+,40+,41+,42+,43-,44-,45-,46+,47+,48+,49+,50+,51+,52+,53+,54-,55-,56-,57-,58-,59-,60-,61+,62+,63+,64-,65+,66+,67+,68+,69+,70-,71-,72+,73+,74-,75-,76+,77-,78-,79-,80-,81-,82+/m0/s1. The zero-order valence-corrected chi connectivity index (χ0v) is 79.3. The Bertz CT molecular complexity index is 4050. The number of hydrogen-bond donors (Lipinski definition) is 38. The molecule has 0 aromatic carbocycles. The predicted molar refractivity (Wildman–Crippen MR) is 454 cm³/mol. The van der Waals surface area contributed by atoms with E-state index in [2.05, 4.69) is 26.6 Å². The van der Waals surface area contributed by atoms with E-state index < -0.39 is 471 Å². The van der Waals surface area contributed by atoms with E-state index in [0.717, 1.165) is 34.6 Å². The highest BCUT2D eigenvalue weighted by molar-refractivity contribution is 5.75. The first-order valence-corrected chi connectivity index (χ1v) is 46.9. The van der Waals surface area contributed by atoms with Crippen LogP contribution in [0.4, 0.5) is 0 Å². The average Bonchev–Trinajstić information content (AvgIpc) is 0.757. The predicted octanol–water partition coefficient (Wildman–Crippen LogP) is -25.8. The van der Waals surface area contributed by atoms with Crippen LogP contribution in [0.2, 0.25) is 0 Å². The summed E-state index contributed by atoms with van der Waals surface area (Å²) < 4.78 is 131. The molecular weight excluding hydrogens is 2010 g/mol. The third-order valence-corrected chi connectivity index (χ3v) is 26.7. The Hall–Kier alpha value is -4.85. The summed E-state index contributed by atoms with van der Waals surface area (Å²) in [6.45, 7) is -7.93. The van der Waals surface area contributed by atoms with Crippen LogP contribution in [-0.2, 0) is 128 Å². The van der Waals surface area contributed by atoms with Gasteiger partial charge in [0.25, 0.3) is 0 Å². The van der Waals surface area contributed by atoms with E-state index >= 15 is 0 Å². The molecule has 65 nitrogen and oxygen atoms in total. The molecule has 38 N–H and O–H groups in total. The maximum Gasteiger partial charge on any atom is 0.217 e. The monoisotopic (exact) mass is 2150 g/mol. The summed E-state index contributed by atoms with van der Waals surface area (Å²) in [5.41, 5.74) is 0. The van der Waals surface area contributed by atoms with Crippen LogP contribution >= 0.6 is 0 Å². The van der Waals surface area contributed by atoms with E-state index in [1.54, 1.807) is 0 Å². The van der Waals surface area contributed by atoms with Gasteiger partial charge in [0, 0.05) is 34.6 Å². The summed E-state index contributed by atoms with van der Waals surface area (Å²) in [5.74, 6) is -4.93. The van der Waals surface area contributed by atoms with Crippen LogP contribution in [0.1, 0.15) is 41.5 Å².